The van der Waals surface area contributed by atoms with Crippen LogP contribution >= 0.6 is 0 Å². The van der Waals surface area contributed by atoms with Crippen LogP contribution in [-0.4, -0.2) is 52.4 Å². The second-order valence-electron chi connectivity index (χ2n) is 8.62. The number of benzene rings is 1. The lowest BCUT2D eigenvalue weighted by Gasteiger charge is -2.32. The Morgan fingerprint density at radius 1 is 1.20 bits per heavy atom. The van der Waals surface area contributed by atoms with Crippen LogP contribution in [0.5, 0.6) is 0 Å². The molecule has 1 aromatic carbocycles. The minimum atomic E-state index is -1.27. The van der Waals surface area contributed by atoms with Gasteiger partial charge in [0.05, 0.1) is 35.7 Å². The lowest BCUT2D eigenvalue weighted by Crippen LogP contribution is -2.41. The molecule has 4 rings (SSSR count). The van der Waals surface area contributed by atoms with Crippen LogP contribution in [0.25, 0.3) is 11.3 Å². The maximum atomic E-state index is 15.2. The molecule has 1 N–H and O–H groups in total. The van der Waals surface area contributed by atoms with Crippen LogP contribution in [0.1, 0.15) is 50.5 Å². The number of aromatic carboxylic acids is 1. The highest BCUT2D eigenvalue weighted by molar-refractivity contribution is 6.62. The van der Waals surface area contributed by atoms with Crippen LogP contribution in [0, 0.1) is 11.6 Å². The SMILES string of the molecule is CC1(C)OB(c2cc(F)c(-c3c(C(=O)O)cnn3C3CCOC3)cc2F)OC1(C)C. The van der Waals surface area contributed by atoms with E-state index in [1.54, 1.807) is 0 Å². The molecule has 160 valence electrons. The van der Waals surface area contributed by atoms with Crippen LogP contribution in [-0.2, 0) is 14.0 Å². The third-order valence-electron chi connectivity index (χ3n) is 6.13. The molecule has 1 unspecified atom stereocenters. The fourth-order valence-corrected chi connectivity index (χ4v) is 3.67. The van der Waals surface area contributed by atoms with Gasteiger partial charge in [0.1, 0.15) is 17.2 Å². The Bertz CT molecular complexity index is 985. The molecule has 1 aromatic heterocycles. The topological polar surface area (TPSA) is 82.8 Å². The van der Waals surface area contributed by atoms with E-state index in [9.17, 15) is 9.90 Å². The number of hydrogen-bond acceptors (Lipinski definition) is 5. The highest BCUT2D eigenvalue weighted by Crippen LogP contribution is 2.37. The first-order valence-corrected chi connectivity index (χ1v) is 9.75. The molecule has 0 amide bonds. The largest absolute Gasteiger partial charge is 0.497 e. The van der Waals surface area contributed by atoms with Crippen LogP contribution in [0.3, 0.4) is 0 Å². The van der Waals surface area contributed by atoms with E-state index < -0.39 is 35.9 Å². The molecule has 2 aliphatic rings. The second-order valence-corrected chi connectivity index (χ2v) is 8.62. The number of halogens is 2. The fraction of sp³-hybridized carbons (Fsp3) is 0.500. The Kier molecular flexibility index (Phi) is 4.99. The molecule has 10 heteroatoms. The highest BCUT2D eigenvalue weighted by atomic mass is 19.1. The summed E-state index contributed by atoms with van der Waals surface area (Å²) in [5.74, 6) is -2.81. The molecule has 2 fully saturated rings. The number of rotatable bonds is 4. The molecule has 1 atom stereocenters. The summed E-state index contributed by atoms with van der Waals surface area (Å²) >= 11 is 0. The van der Waals surface area contributed by atoms with Gasteiger partial charge >= 0.3 is 13.1 Å². The molecule has 3 heterocycles. The average molecular weight is 420 g/mol. The van der Waals surface area contributed by atoms with E-state index >= 15 is 8.78 Å². The van der Waals surface area contributed by atoms with Gasteiger partial charge in [0.15, 0.2) is 0 Å². The van der Waals surface area contributed by atoms with E-state index in [4.69, 9.17) is 14.0 Å². The number of ether oxygens (including phenoxy) is 1. The van der Waals surface area contributed by atoms with E-state index in [1.165, 1.54) is 4.68 Å². The number of carbonyl (C=O) groups is 1. The Morgan fingerprint density at radius 3 is 2.43 bits per heavy atom. The highest BCUT2D eigenvalue weighted by Gasteiger charge is 2.52. The van der Waals surface area contributed by atoms with E-state index in [-0.39, 0.29) is 28.3 Å². The second kappa shape index (κ2) is 7.14. The van der Waals surface area contributed by atoms with Crippen molar-refractivity contribution in [1.29, 1.82) is 0 Å². The quantitative estimate of drug-likeness (QED) is 0.767. The zero-order chi connectivity index (χ0) is 21.8. The first-order chi connectivity index (χ1) is 14.0. The Balaban J connectivity index is 1.78. The summed E-state index contributed by atoms with van der Waals surface area (Å²) in [6.07, 6.45) is 1.75. The number of nitrogens with zero attached hydrogens (tertiary/aromatic N) is 2. The molecule has 0 aliphatic carbocycles. The molecule has 30 heavy (non-hydrogen) atoms. The van der Waals surface area contributed by atoms with E-state index in [1.807, 2.05) is 27.7 Å². The van der Waals surface area contributed by atoms with Crippen LogP contribution < -0.4 is 5.46 Å². The Labute approximate surface area is 173 Å². The van der Waals surface area contributed by atoms with Gasteiger partial charge in [-0.15, -0.1) is 0 Å². The van der Waals surface area contributed by atoms with Gasteiger partial charge in [-0.25, -0.2) is 13.6 Å². The van der Waals surface area contributed by atoms with Crippen molar-refractivity contribution >= 4 is 18.6 Å². The minimum absolute atomic E-state index is 0.00914. The molecule has 7 nitrogen and oxygen atoms in total. The van der Waals surface area contributed by atoms with E-state index in [0.29, 0.717) is 19.6 Å². The van der Waals surface area contributed by atoms with Gasteiger partial charge in [0.25, 0.3) is 0 Å². The maximum Gasteiger partial charge on any atom is 0.497 e. The third-order valence-corrected chi connectivity index (χ3v) is 6.13. The van der Waals surface area contributed by atoms with E-state index in [0.717, 1.165) is 18.3 Å². The molecule has 2 aromatic rings. The standard InChI is InChI=1S/C20H23BF2N2O5/c1-19(2)20(3,4)30-21(29-19)14-8-15(22)12(7-16(14)23)17-13(18(26)27)9-24-25(17)11-5-6-28-10-11/h7-9,11H,5-6,10H2,1-4H3,(H,26,27). The Morgan fingerprint density at radius 2 is 1.87 bits per heavy atom. The Hall–Kier alpha value is -2.30. The molecule has 0 radical (unpaired) electrons. The summed E-state index contributed by atoms with van der Waals surface area (Å²) in [6.45, 7) is 8.08. The number of carboxylic acids is 1. The smallest absolute Gasteiger partial charge is 0.478 e. The summed E-state index contributed by atoms with van der Waals surface area (Å²) in [5, 5.41) is 13.7. The number of carboxylic acid groups (broad SMARTS) is 1. The van der Waals surface area contributed by atoms with Crippen LogP contribution in [0.2, 0.25) is 0 Å². The van der Waals surface area contributed by atoms with Crippen LogP contribution in [0.15, 0.2) is 18.3 Å². The van der Waals surface area contributed by atoms with Gasteiger partial charge in [-0.3, -0.25) is 4.68 Å². The minimum Gasteiger partial charge on any atom is -0.478 e. The van der Waals surface area contributed by atoms with Gasteiger partial charge in [-0.1, -0.05) is 0 Å². The zero-order valence-electron chi connectivity index (χ0n) is 17.2. The molecule has 2 aliphatic heterocycles. The number of aromatic nitrogens is 2. The molecule has 0 spiro atoms. The summed E-state index contributed by atoms with van der Waals surface area (Å²) in [6, 6.07) is 1.73. The van der Waals surface area contributed by atoms with Gasteiger partial charge in [0.2, 0.25) is 0 Å². The third kappa shape index (κ3) is 3.32. The number of hydrogen-bond donors (Lipinski definition) is 1. The zero-order valence-corrected chi connectivity index (χ0v) is 17.2. The lowest BCUT2D eigenvalue weighted by molar-refractivity contribution is 0.00578. The fourth-order valence-electron chi connectivity index (χ4n) is 3.67. The summed E-state index contributed by atoms with van der Waals surface area (Å²) in [5.41, 5.74) is -1.89. The molecule has 0 bridgehead atoms. The van der Waals surface area contributed by atoms with Gasteiger partial charge in [-0.05, 0) is 46.2 Å². The summed E-state index contributed by atoms with van der Waals surface area (Å²) < 4.78 is 48.7. The van der Waals surface area contributed by atoms with E-state index in [2.05, 4.69) is 5.10 Å². The molecular weight excluding hydrogens is 397 g/mol. The van der Waals surface area contributed by atoms with Crippen molar-refractivity contribution < 1.29 is 32.7 Å². The van der Waals surface area contributed by atoms with Crippen molar-refractivity contribution in [3.8, 4) is 11.3 Å². The van der Waals surface area contributed by atoms with Crippen molar-refractivity contribution in [2.45, 2.75) is 51.4 Å². The van der Waals surface area contributed by atoms with Crippen molar-refractivity contribution in [2.24, 2.45) is 0 Å². The predicted molar refractivity (Wildman–Crippen MR) is 105 cm³/mol. The maximum absolute atomic E-state index is 15.2. The van der Waals surface area contributed by atoms with Gasteiger partial charge in [0, 0.05) is 17.6 Å². The summed E-state index contributed by atoms with van der Waals surface area (Å²) in [4.78, 5) is 11.7. The van der Waals surface area contributed by atoms with Crippen LogP contribution in [0.4, 0.5) is 8.78 Å². The normalized spacial score (nSPS) is 22.6. The average Bonchev–Trinajstić information content (AvgIpc) is 3.34. The van der Waals surface area contributed by atoms with Gasteiger partial charge in [-0.2, -0.15) is 5.10 Å². The van der Waals surface area contributed by atoms with Crippen molar-refractivity contribution in [3.05, 3.63) is 35.5 Å². The molecule has 2 saturated heterocycles. The first kappa shape index (κ1) is 21.0. The molecule has 0 saturated carbocycles. The van der Waals surface area contributed by atoms with Crippen molar-refractivity contribution in [2.75, 3.05) is 13.2 Å². The van der Waals surface area contributed by atoms with Gasteiger partial charge < -0.3 is 19.2 Å². The monoisotopic (exact) mass is 420 g/mol. The van der Waals surface area contributed by atoms with Crippen molar-refractivity contribution in [3.63, 3.8) is 0 Å². The summed E-state index contributed by atoms with van der Waals surface area (Å²) in [7, 11) is -1.08. The first-order valence-electron chi connectivity index (χ1n) is 9.75. The molecular formula is C20H23BF2N2O5. The predicted octanol–water partition coefficient (Wildman–Crippen LogP) is 2.79. The lowest BCUT2D eigenvalue weighted by atomic mass is 9.78. The van der Waals surface area contributed by atoms with Crippen molar-refractivity contribution in [1.82, 2.24) is 9.78 Å².